The third kappa shape index (κ3) is 3.39. The van der Waals surface area contributed by atoms with E-state index in [1.165, 1.54) is 0 Å². The van der Waals surface area contributed by atoms with Crippen LogP contribution in [0.25, 0.3) is 0 Å². The minimum Gasteiger partial charge on any atom is -0.496 e. The lowest BCUT2D eigenvalue weighted by atomic mass is 10.2. The minimum absolute atomic E-state index is 0.0311. The van der Waals surface area contributed by atoms with Gasteiger partial charge in [-0.15, -0.1) is 0 Å². The highest BCUT2D eigenvalue weighted by Gasteiger charge is 2.04. The number of hydrogen-bond donors (Lipinski definition) is 2. The summed E-state index contributed by atoms with van der Waals surface area (Å²) < 4.78 is 10.9. The lowest BCUT2D eigenvalue weighted by Crippen LogP contribution is -2.00. The van der Waals surface area contributed by atoms with Crippen molar-refractivity contribution < 1.29 is 14.6 Å². The van der Waals surface area contributed by atoms with Crippen LogP contribution in [0.4, 0.5) is 5.69 Å². The van der Waals surface area contributed by atoms with Gasteiger partial charge in [-0.2, -0.15) is 0 Å². The van der Waals surface area contributed by atoms with Gasteiger partial charge in [0.1, 0.15) is 18.1 Å². The van der Waals surface area contributed by atoms with Crippen LogP contribution in [0.5, 0.6) is 11.5 Å². The summed E-state index contributed by atoms with van der Waals surface area (Å²) in [4.78, 5) is 0. The van der Waals surface area contributed by atoms with Crippen molar-refractivity contribution in [3.8, 4) is 11.5 Å². The molecule has 0 aliphatic rings. The molecule has 0 heterocycles. The molecular weight excluding hydrogens is 242 g/mol. The summed E-state index contributed by atoms with van der Waals surface area (Å²) in [7, 11) is 1.62. The summed E-state index contributed by atoms with van der Waals surface area (Å²) in [6.07, 6.45) is 0. The van der Waals surface area contributed by atoms with Gasteiger partial charge in [-0.05, 0) is 35.9 Å². The molecule has 2 rings (SSSR count). The average molecular weight is 259 g/mol. The Balaban J connectivity index is 2.07. The first-order chi connectivity index (χ1) is 9.22. The number of aliphatic hydroxyl groups is 1. The Hall–Kier alpha value is -2.20. The molecular formula is C15H17NO3. The molecule has 0 bridgehead atoms. The highest BCUT2D eigenvalue weighted by atomic mass is 16.5. The Morgan fingerprint density at radius 3 is 2.47 bits per heavy atom. The van der Waals surface area contributed by atoms with Crippen molar-refractivity contribution in [3.63, 3.8) is 0 Å². The van der Waals surface area contributed by atoms with Crippen LogP contribution in [-0.4, -0.2) is 12.2 Å². The quantitative estimate of drug-likeness (QED) is 0.809. The van der Waals surface area contributed by atoms with Gasteiger partial charge in [0.2, 0.25) is 0 Å². The topological polar surface area (TPSA) is 64.7 Å². The van der Waals surface area contributed by atoms with E-state index in [-0.39, 0.29) is 6.61 Å². The molecule has 0 aromatic heterocycles. The molecule has 2 aromatic carbocycles. The maximum atomic E-state index is 8.96. The standard InChI is InChI=1S/C15H17NO3/c1-18-15-7-4-13(16)8-12(15)10-19-14-5-2-11(9-17)3-6-14/h2-8,17H,9-10,16H2,1H3. The Morgan fingerprint density at radius 1 is 1.11 bits per heavy atom. The molecule has 0 radical (unpaired) electrons. The van der Waals surface area contributed by atoms with Crippen molar-refractivity contribution in [1.29, 1.82) is 0 Å². The molecule has 19 heavy (non-hydrogen) atoms. The van der Waals surface area contributed by atoms with Crippen LogP contribution in [0.3, 0.4) is 0 Å². The molecule has 0 aliphatic heterocycles. The van der Waals surface area contributed by atoms with Crippen molar-refractivity contribution in [1.82, 2.24) is 0 Å². The van der Waals surface area contributed by atoms with Crippen molar-refractivity contribution in [3.05, 3.63) is 53.6 Å². The van der Waals surface area contributed by atoms with Crippen LogP contribution in [0.15, 0.2) is 42.5 Å². The molecule has 0 unspecified atom stereocenters. The van der Waals surface area contributed by atoms with E-state index in [9.17, 15) is 0 Å². The number of hydrogen-bond acceptors (Lipinski definition) is 4. The molecule has 100 valence electrons. The van der Waals surface area contributed by atoms with E-state index >= 15 is 0 Å². The molecule has 0 aliphatic carbocycles. The largest absolute Gasteiger partial charge is 0.496 e. The van der Waals surface area contributed by atoms with E-state index < -0.39 is 0 Å². The Bertz CT molecular complexity index is 538. The van der Waals surface area contributed by atoms with Crippen molar-refractivity contribution in [2.45, 2.75) is 13.2 Å². The zero-order chi connectivity index (χ0) is 13.7. The first-order valence-electron chi connectivity index (χ1n) is 5.98. The number of nitrogen functional groups attached to an aromatic ring is 1. The SMILES string of the molecule is COc1ccc(N)cc1COc1ccc(CO)cc1. The number of ether oxygens (including phenoxy) is 2. The van der Waals surface area contributed by atoms with Crippen molar-refractivity contribution in [2.24, 2.45) is 0 Å². The summed E-state index contributed by atoms with van der Waals surface area (Å²) in [5.41, 5.74) is 8.18. The van der Waals surface area contributed by atoms with E-state index in [0.29, 0.717) is 12.3 Å². The predicted molar refractivity (Wildman–Crippen MR) is 74.1 cm³/mol. The highest BCUT2D eigenvalue weighted by molar-refractivity contribution is 5.47. The van der Waals surface area contributed by atoms with Gasteiger partial charge in [-0.25, -0.2) is 0 Å². The van der Waals surface area contributed by atoms with Gasteiger partial charge < -0.3 is 20.3 Å². The van der Waals surface area contributed by atoms with Crippen LogP contribution in [0, 0.1) is 0 Å². The molecule has 4 heteroatoms. The second-order valence-corrected chi connectivity index (χ2v) is 4.16. The molecule has 4 nitrogen and oxygen atoms in total. The Morgan fingerprint density at radius 2 is 1.84 bits per heavy atom. The molecule has 0 saturated heterocycles. The lowest BCUT2D eigenvalue weighted by molar-refractivity contribution is 0.280. The number of methoxy groups -OCH3 is 1. The Kier molecular flexibility index (Phi) is 4.26. The number of rotatable bonds is 5. The van der Waals surface area contributed by atoms with Crippen LogP contribution in [0.2, 0.25) is 0 Å². The maximum absolute atomic E-state index is 8.96. The first kappa shape index (κ1) is 13.2. The predicted octanol–water partition coefficient (Wildman–Crippen LogP) is 2.35. The summed E-state index contributed by atoms with van der Waals surface area (Å²) in [6, 6.07) is 12.7. The zero-order valence-electron chi connectivity index (χ0n) is 10.8. The molecule has 0 spiro atoms. The fraction of sp³-hybridized carbons (Fsp3) is 0.200. The summed E-state index contributed by atoms with van der Waals surface area (Å²) in [5, 5.41) is 8.96. The fourth-order valence-corrected chi connectivity index (χ4v) is 1.76. The van der Waals surface area contributed by atoms with Crippen molar-refractivity contribution >= 4 is 5.69 Å². The molecule has 3 N–H and O–H groups in total. The van der Waals surface area contributed by atoms with E-state index in [2.05, 4.69) is 0 Å². The van der Waals surface area contributed by atoms with Crippen LogP contribution < -0.4 is 15.2 Å². The van der Waals surface area contributed by atoms with Gasteiger partial charge in [-0.1, -0.05) is 12.1 Å². The molecule has 2 aromatic rings. The lowest BCUT2D eigenvalue weighted by Gasteiger charge is -2.11. The van der Waals surface area contributed by atoms with Gasteiger partial charge in [0.25, 0.3) is 0 Å². The molecule has 0 amide bonds. The molecule has 0 fully saturated rings. The third-order valence-corrected chi connectivity index (χ3v) is 2.80. The Labute approximate surface area is 112 Å². The van der Waals surface area contributed by atoms with E-state index in [0.717, 1.165) is 22.6 Å². The zero-order valence-corrected chi connectivity index (χ0v) is 10.8. The fourth-order valence-electron chi connectivity index (χ4n) is 1.76. The normalized spacial score (nSPS) is 10.2. The van der Waals surface area contributed by atoms with E-state index in [4.69, 9.17) is 20.3 Å². The first-order valence-corrected chi connectivity index (χ1v) is 5.98. The van der Waals surface area contributed by atoms with Crippen LogP contribution in [-0.2, 0) is 13.2 Å². The summed E-state index contributed by atoms with van der Waals surface area (Å²) in [5.74, 6) is 1.49. The summed E-state index contributed by atoms with van der Waals surface area (Å²) >= 11 is 0. The molecule has 0 saturated carbocycles. The second-order valence-electron chi connectivity index (χ2n) is 4.16. The van der Waals surface area contributed by atoms with Crippen LogP contribution in [0.1, 0.15) is 11.1 Å². The van der Waals surface area contributed by atoms with Gasteiger partial charge in [0.15, 0.2) is 0 Å². The van der Waals surface area contributed by atoms with Crippen LogP contribution >= 0.6 is 0 Å². The van der Waals surface area contributed by atoms with Crippen molar-refractivity contribution in [2.75, 3.05) is 12.8 Å². The van der Waals surface area contributed by atoms with Gasteiger partial charge in [0.05, 0.1) is 13.7 Å². The van der Waals surface area contributed by atoms with Gasteiger partial charge in [-0.3, -0.25) is 0 Å². The monoisotopic (exact) mass is 259 g/mol. The highest BCUT2D eigenvalue weighted by Crippen LogP contribution is 2.23. The number of aliphatic hydroxyl groups excluding tert-OH is 1. The van der Waals surface area contributed by atoms with E-state index in [1.54, 1.807) is 13.2 Å². The van der Waals surface area contributed by atoms with Gasteiger partial charge >= 0.3 is 0 Å². The smallest absolute Gasteiger partial charge is 0.125 e. The third-order valence-electron chi connectivity index (χ3n) is 2.80. The summed E-state index contributed by atoms with van der Waals surface area (Å²) in [6.45, 7) is 0.413. The van der Waals surface area contributed by atoms with Gasteiger partial charge in [0, 0.05) is 11.3 Å². The molecule has 0 atom stereocenters. The van der Waals surface area contributed by atoms with E-state index in [1.807, 2.05) is 36.4 Å². The number of anilines is 1. The minimum atomic E-state index is 0.0311. The second kappa shape index (κ2) is 6.11. The number of nitrogens with two attached hydrogens (primary N) is 1. The average Bonchev–Trinajstić information content (AvgIpc) is 2.46. The maximum Gasteiger partial charge on any atom is 0.125 e. The number of benzene rings is 2.